The standard InChI is InChI=1S/C22H22N2O6/c1-2-18(25)23-19(26)13-24-21(27)16-9-6-10-17(20(16)22(24)28)30-12-11-29-14-15-7-4-3-5-8-15/h3-10H,2,11-14H2,1H3,(H,23,25,26). The van der Waals surface area contributed by atoms with Gasteiger partial charge in [-0.3, -0.25) is 29.4 Å². The van der Waals surface area contributed by atoms with Gasteiger partial charge in [-0.05, 0) is 17.7 Å². The molecule has 2 aromatic carbocycles. The first-order valence-corrected chi connectivity index (χ1v) is 9.57. The molecule has 0 fully saturated rings. The van der Waals surface area contributed by atoms with Crippen LogP contribution in [0.1, 0.15) is 39.6 Å². The van der Waals surface area contributed by atoms with E-state index in [2.05, 4.69) is 5.32 Å². The summed E-state index contributed by atoms with van der Waals surface area (Å²) in [5.74, 6) is -2.17. The summed E-state index contributed by atoms with van der Waals surface area (Å²) >= 11 is 0. The van der Waals surface area contributed by atoms with Crippen molar-refractivity contribution in [1.82, 2.24) is 10.2 Å². The van der Waals surface area contributed by atoms with Crippen LogP contribution in [0, 0.1) is 0 Å². The monoisotopic (exact) mass is 410 g/mol. The fourth-order valence-electron chi connectivity index (χ4n) is 2.97. The molecule has 0 saturated heterocycles. The lowest BCUT2D eigenvalue weighted by molar-refractivity contribution is -0.130. The number of nitrogens with zero attached hydrogens (tertiary/aromatic N) is 1. The fraction of sp³-hybridized carbons (Fsp3) is 0.273. The number of benzene rings is 2. The van der Waals surface area contributed by atoms with Gasteiger partial charge in [0.25, 0.3) is 11.8 Å². The van der Waals surface area contributed by atoms with Crippen LogP contribution in [-0.2, 0) is 20.9 Å². The normalized spacial score (nSPS) is 12.6. The second-order valence-corrected chi connectivity index (χ2v) is 6.59. The van der Waals surface area contributed by atoms with E-state index in [1.807, 2.05) is 30.3 Å². The fourth-order valence-corrected chi connectivity index (χ4v) is 2.97. The molecule has 0 radical (unpaired) electrons. The van der Waals surface area contributed by atoms with E-state index in [0.29, 0.717) is 13.2 Å². The highest BCUT2D eigenvalue weighted by Crippen LogP contribution is 2.30. The largest absolute Gasteiger partial charge is 0.490 e. The Balaban J connectivity index is 1.59. The molecule has 0 aromatic heterocycles. The van der Waals surface area contributed by atoms with Gasteiger partial charge in [-0.25, -0.2) is 0 Å². The number of rotatable bonds is 9. The molecule has 0 aliphatic carbocycles. The van der Waals surface area contributed by atoms with Crippen molar-refractivity contribution in [2.24, 2.45) is 0 Å². The van der Waals surface area contributed by atoms with Gasteiger partial charge < -0.3 is 9.47 Å². The number of carbonyl (C=O) groups excluding carboxylic acids is 4. The molecule has 1 heterocycles. The van der Waals surface area contributed by atoms with Crippen LogP contribution in [0.25, 0.3) is 0 Å². The van der Waals surface area contributed by atoms with Gasteiger partial charge in [-0.15, -0.1) is 0 Å². The van der Waals surface area contributed by atoms with E-state index in [9.17, 15) is 19.2 Å². The van der Waals surface area contributed by atoms with Gasteiger partial charge in [0.05, 0.1) is 24.3 Å². The summed E-state index contributed by atoms with van der Waals surface area (Å²) in [4.78, 5) is 49.3. The van der Waals surface area contributed by atoms with E-state index in [0.717, 1.165) is 10.5 Å². The highest BCUT2D eigenvalue weighted by Gasteiger charge is 2.39. The van der Waals surface area contributed by atoms with Crippen LogP contribution in [0.2, 0.25) is 0 Å². The van der Waals surface area contributed by atoms with E-state index in [1.54, 1.807) is 19.1 Å². The lowest BCUT2D eigenvalue weighted by atomic mass is 10.1. The molecule has 2 aromatic rings. The van der Waals surface area contributed by atoms with Gasteiger partial charge in [0.2, 0.25) is 11.8 Å². The maximum absolute atomic E-state index is 12.7. The lowest BCUT2D eigenvalue weighted by Crippen LogP contribution is -2.42. The number of fused-ring (bicyclic) bond motifs is 1. The van der Waals surface area contributed by atoms with Gasteiger partial charge in [0.1, 0.15) is 18.9 Å². The third-order valence-electron chi connectivity index (χ3n) is 4.46. The lowest BCUT2D eigenvalue weighted by Gasteiger charge is -2.13. The summed E-state index contributed by atoms with van der Waals surface area (Å²) in [7, 11) is 0. The highest BCUT2D eigenvalue weighted by molar-refractivity contribution is 6.23. The van der Waals surface area contributed by atoms with E-state index in [-0.39, 0.29) is 29.9 Å². The molecule has 3 rings (SSSR count). The van der Waals surface area contributed by atoms with Gasteiger partial charge in [-0.1, -0.05) is 43.3 Å². The van der Waals surface area contributed by atoms with Gasteiger partial charge >= 0.3 is 0 Å². The average Bonchev–Trinajstić information content (AvgIpc) is 2.99. The molecule has 0 unspecified atom stereocenters. The van der Waals surface area contributed by atoms with Crippen molar-refractivity contribution in [3.8, 4) is 5.75 Å². The topological polar surface area (TPSA) is 102 Å². The minimum atomic E-state index is -0.715. The molecular formula is C22H22N2O6. The third-order valence-corrected chi connectivity index (χ3v) is 4.46. The SMILES string of the molecule is CCC(=O)NC(=O)CN1C(=O)c2cccc(OCCOCc3ccccc3)c2C1=O. The van der Waals surface area contributed by atoms with Crippen LogP contribution >= 0.6 is 0 Å². The van der Waals surface area contributed by atoms with Crippen molar-refractivity contribution < 1.29 is 28.7 Å². The Labute approximate surface area is 173 Å². The Morgan fingerprint density at radius 3 is 2.43 bits per heavy atom. The summed E-state index contributed by atoms with van der Waals surface area (Å²) in [6.07, 6.45) is 0.123. The molecule has 0 bridgehead atoms. The summed E-state index contributed by atoms with van der Waals surface area (Å²) in [5, 5.41) is 2.13. The predicted octanol–water partition coefficient (Wildman–Crippen LogP) is 1.93. The molecule has 156 valence electrons. The number of imide groups is 2. The van der Waals surface area contributed by atoms with Crippen molar-refractivity contribution in [2.45, 2.75) is 20.0 Å². The Morgan fingerprint density at radius 1 is 0.933 bits per heavy atom. The summed E-state index contributed by atoms with van der Waals surface area (Å²) in [6.45, 7) is 1.99. The second kappa shape index (κ2) is 9.80. The number of hydrogen-bond acceptors (Lipinski definition) is 6. The number of ether oxygens (including phenoxy) is 2. The number of amides is 4. The van der Waals surface area contributed by atoms with Crippen LogP contribution in [0.15, 0.2) is 48.5 Å². The molecule has 30 heavy (non-hydrogen) atoms. The number of nitrogens with one attached hydrogen (secondary N) is 1. The molecule has 1 N–H and O–H groups in total. The first-order chi connectivity index (χ1) is 14.5. The van der Waals surface area contributed by atoms with Crippen molar-refractivity contribution in [3.05, 3.63) is 65.2 Å². The maximum atomic E-state index is 12.7. The molecule has 0 atom stereocenters. The summed E-state index contributed by atoms with van der Waals surface area (Å²) < 4.78 is 11.2. The Bertz CT molecular complexity index is 957. The Morgan fingerprint density at radius 2 is 1.70 bits per heavy atom. The predicted molar refractivity (Wildman–Crippen MR) is 107 cm³/mol. The minimum Gasteiger partial charge on any atom is -0.490 e. The van der Waals surface area contributed by atoms with Crippen LogP contribution in [-0.4, -0.2) is 48.3 Å². The van der Waals surface area contributed by atoms with Crippen molar-refractivity contribution in [3.63, 3.8) is 0 Å². The zero-order valence-corrected chi connectivity index (χ0v) is 16.6. The zero-order chi connectivity index (χ0) is 21.5. The van der Waals surface area contributed by atoms with Crippen molar-refractivity contribution in [2.75, 3.05) is 19.8 Å². The average molecular weight is 410 g/mol. The third kappa shape index (κ3) is 4.90. The van der Waals surface area contributed by atoms with E-state index >= 15 is 0 Å². The van der Waals surface area contributed by atoms with E-state index in [4.69, 9.17) is 9.47 Å². The zero-order valence-electron chi connectivity index (χ0n) is 16.6. The van der Waals surface area contributed by atoms with Crippen LogP contribution in [0.4, 0.5) is 0 Å². The Hall–Kier alpha value is -3.52. The molecule has 8 heteroatoms. The van der Waals surface area contributed by atoms with Gasteiger partial charge in [0.15, 0.2) is 0 Å². The number of carbonyl (C=O) groups is 4. The first kappa shape index (κ1) is 21.2. The van der Waals surface area contributed by atoms with Gasteiger partial charge in [0, 0.05) is 6.42 Å². The molecule has 1 aliphatic heterocycles. The minimum absolute atomic E-state index is 0.111. The molecule has 8 nitrogen and oxygen atoms in total. The quantitative estimate of drug-likeness (QED) is 0.501. The van der Waals surface area contributed by atoms with Crippen LogP contribution < -0.4 is 10.1 Å². The Kier molecular flexibility index (Phi) is 6.92. The van der Waals surface area contributed by atoms with E-state index < -0.39 is 30.2 Å². The van der Waals surface area contributed by atoms with Crippen LogP contribution in [0.3, 0.4) is 0 Å². The second-order valence-electron chi connectivity index (χ2n) is 6.59. The smallest absolute Gasteiger partial charge is 0.265 e. The summed E-state index contributed by atoms with van der Waals surface area (Å²) in [6, 6.07) is 14.4. The van der Waals surface area contributed by atoms with Crippen molar-refractivity contribution in [1.29, 1.82) is 0 Å². The maximum Gasteiger partial charge on any atom is 0.265 e. The van der Waals surface area contributed by atoms with Crippen molar-refractivity contribution >= 4 is 23.6 Å². The first-order valence-electron chi connectivity index (χ1n) is 9.57. The molecule has 0 spiro atoms. The highest BCUT2D eigenvalue weighted by atomic mass is 16.5. The molecule has 0 saturated carbocycles. The van der Waals surface area contributed by atoms with Crippen LogP contribution in [0.5, 0.6) is 5.75 Å². The molecule has 4 amide bonds. The van der Waals surface area contributed by atoms with Gasteiger partial charge in [-0.2, -0.15) is 0 Å². The molecular weight excluding hydrogens is 388 g/mol. The molecule has 1 aliphatic rings. The van der Waals surface area contributed by atoms with E-state index in [1.165, 1.54) is 6.07 Å². The summed E-state index contributed by atoms with van der Waals surface area (Å²) in [5.41, 5.74) is 1.31. The number of hydrogen-bond donors (Lipinski definition) is 1.